The van der Waals surface area contributed by atoms with Crippen molar-refractivity contribution in [2.75, 3.05) is 50.5 Å². The number of hydrogen-bond donors (Lipinski definition) is 3. The maximum absolute atomic E-state index is 13.0. The lowest BCUT2D eigenvalue weighted by Gasteiger charge is -2.29. The first-order valence-electron chi connectivity index (χ1n) is 11.7. The monoisotopic (exact) mass is 479 g/mol. The molecule has 1 amide bonds. The predicted octanol–water partition coefficient (Wildman–Crippen LogP) is 2.35. The van der Waals surface area contributed by atoms with Gasteiger partial charge in [-0.3, -0.25) is 4.79 Å². The lowest BCUT2D eigenvalue weighted by atomic mass is 9.95. The Labute approximate surface area is 202 Å². The number of carbonyl (C=O) groups excluding carboxylic acids is 1. The molecule has 2 saturated heterocycles. The Hall–Kier alpha value is -2.88. The van der Waals surface area contributed by atoms with E-state index in [1.54, 1.807) is 0 Å². The van der Waals surface area contributed by atoms with Crippen LogP contribution in [0.1, 0.15) is 20.9 Å². The Balaban J connectivity index is 1.15. The second kappa shape index (κ2) is 8.11. The third kappa shape index (κ3) is 3.50. The summed E-state index contributed by atoms with van der Waals surface area (Å²) in [4.78, 5) is 21.2. The number of nitrogens with two attached hydrogens (primary N) is 1. The molecule has 0 bridgehead atoms. The van der Waals surface area contributed by atoms with Crippen molar-refractivity contribution in [3.8, 4) is 5.75 Å². The number of methoxy groups -OCH3 is 1. The van der Waals surface area contributed by atoms with Crippen LogP contribution in [-0.4, -0.2) is 62.4 Å². The van der Waals surface area contributed by atoms with E-state index in [0.29, 0.717) is 23.1 Å². The molecule has 5 heterocycles. The minimum absolute atomic E-state index is 0.102. The summed E-state index contributed by atoms with van der Waals surface area (Å²) in [5.74, 6) is 1.22. The molecule has 9 heteroatoms. The first-order valence-corrected chi connectivity index (χ1v) is 12.5. The van der Waals surface area contributed by atoms with E-state index < -0.39 is 0 Å². The van der Waals surface area contributed by atoms with Crippen molar-refractivity contribution in [2.24, 2.45) is 5.92 Å². The lowest BCUT2D eigenvalue weighted by Crippen LogP contribution is -2.42. The number of anilines is 2. The number of hydrogen-bond acceptors (Lipinski definition) is 8. The number of ether oxygens (including phenoxy) is 2. The van der Waals surface area contributed by atoms with Crippen LogP contribution in [0.15, 0.2) is 30.3 Å². The smallest absolute Gasteiger partial charge is 0.263 e. The number of aromatic nitrogens is 1. The quantitative estimate of drug-likeness (QED) is 0.528. The van der Waals surface area contributed by atoms with Crippen LogP contribution in [0.25, 0.3) is 10.2 Å². The summed E-state index contributed by atoms with van der Waals surface area (Å²) >= 11 is 1.34. The summed E-state index contributed by atoms with van der Waals surface area (Å²) in [5, 5.41) is 7.40. The average Bonchev–Trinajstić information content (AvgIpc) is 3.49. The number of amides is 1. The molecule has 34 heavy (non-hydrogen) atoms. The van der Waals surface area contributed by atoms with Crippen LogP contribution in [0.3, 0.4) is 0 Å². The maximum Gasteiger partial charge on any atom is 0.263 e. The van der Waals surface area contributed by atoms with Crippen LogP contribution in [0, 0.1) is 12.8 Å². The molecule has 0 aliphatic carbocycles. The number of nitrogen functional groups attached to an aromatic ring is 1. The van der Waals surface area contributed by atoms with Crippen LogP contribution < -0.4 is 26.0 Å². The highest BCUT2D eigenvalue weighted by Gasteiger charge is 2.50. The maximum atomic E-state index is 13.0. The third-order valence-electron chi connectivity index (χ3n) is 7.46. The van der Waals surface area contributed by atoms with Crippen LogP contribution in [-0.2, 0) is 11.2 Å². The molecule has 3 aliphatic rings. The van der Waals surface area contributed by atoms with Gasteiger partial charge in [0.05, 0.1) is 11.7 Å². The molecule has 3 aromatic rings. The molecule has 178 valence electrons. The number of aryl methyl sites for hydroxylation is 1. The van der Waals surface area contributed by atoms with E-state index in [9.17, 15) is 4.79 Å². The normalized spacial score (nSPS) is 25.8. The number of fused-ring (bicyclic) bond motifs is 3. The Kier molecular flexibility index (Phi) is 5.16. The molecule has 2 aromatic heterocycles. The van der Waals surface area contributed by atoms with Gasteiger partial charge in [0.25, 0.3) is 5.91 Å². The van der Waals surface area contributed by atoms with E-state index in [0.717, 1.165) is 65.5 Å². The van der Waals surface area contributed by atoms with Crippen molar-refractivity contribution in [1.29, 1.82) is 0 Å². The fourth-order valence-corrected chi connectivity index (χ4v) is 6.56. The van der Waals surface area contributed by atoms with Gasteiger partial charge in [-0.05, 0) is 37.1 Å². The lowest BCUT2D eigenvalue weighted by molar-refractivity contribution is 0.00153. The molecule has 8 nitrogen and oxygen atoms in total. The summed E-state index contributed by atoms with van der Waals surface area (Å²) in [6.45, 7) is 6.10. The second-order valence-corrected chi connectivity index (χ2v) is 10.6. The van der Waals surface area contributed by atoms with Gasteiger partial charge in [0.1, 0.15) is 27.7 Å². The molecule has 0 unspecified atom stereocenters. The molecule has 0 spiro atoms. The number of rotatable bonds is 4. The van der Waals surface area contributed by atoms with Crippen molar-refractivity contribution in [2.45, 2.75) is 25.0 Å². The first kappa shape index (κ1) is 21.6. The Morgan fingerprint density at radius 2 is 2.26 bits per heavy atom. The molecule has 0 radical (unpaired) electrons. The minimum Gasteiger partial charge on any atom is -0.491 e. The summed E-state index contributed by atoms with van der Waals surface area (Å²) < 4.78 is 12.0. The highest BCUT2D eigenvalue weighted by molar-refractivity contribution is 7.21. The Morgan fingerprint density at radius 3 is 3.09 bits per heavy atom. The molecule has 4 N–H and O–H groups in total. The van der Waals surface area contributed by atoms with Crippen molar-refractivity contribution in [3.05, 3.63) is 46.5 Å². The van der Waals surface area contributed by atoms with E-state index in [-0.39, 0.29) is 17.6 Å². The van der Waals surface area contributed by atoms with Gasteiger partial charge in [0, 0.05) is 62.0 Å². The summed E-state index contributed by atoms with van der Waals surface area (Å²) in [6, 6.07) is 10.1. The van der Waals surface area contributed by atoms with Gasteiger partial charge in [-0.2, -0.15) is 0 Å². The fraction of sp³-hybridized carbons (Fsp3) is 0.440. The van der Waals surface area contributed by atoms with Crippen molar-refractivity contribution >= 4 is 38.8 Å². The summed E-state index contributed by atoms with van der Waals surface area (Å²) in [5.41, 5.74) is 9.82. The van der Waals surface area contributed by atoms with E-state index >= 15 is 0 Å². The van der Waals surface area contributed by atoms with Crippen LogP contribution in [0.2, 0.25) is 0 Å². The third-order valence-corrected chi connectivity index (χ3v) is 8.58. The van der Waals surface area contributed by atoms with Crippen molar-refractivity contribution in [1.82, 2.24) is 15.6 Å². The summed E-state index contributed by atoms with van der Waals surface area (Å²) in [6.07, 6.45) is 0.720. The topological polar surface area (TPSA) is 102 Å². The number of nitrogens with one attached hydrogen (secondary N) is 2. The zero-order valence-corrected chi connectivity index (χ0v) is 20.2. The highest BCUT2D eigenvalue weighted by Crippen LogP contribution is 2.39. The largest absolute Gasteiger partial charge is 0.491 e. The molecule has 6 rings (SSSR count). The number of benzene rings is 1. The van der Waals surface area contributed by atoms with Crippen LogP contribution in [0.5, 0.6) is 5.75 Å². The molecular weight excluding hydrogens is 450 g/mol. The number of pyridine rings is 1. The molecule has 0 saturated carbocycles. The summed E-state index contributed by atoms with van der Waals surface area (Å²) in [7, 11) is 1.82. The molecule has 3 atom stereocenters. The van der Waals surface area contributed by atoms with Crippen molar-refractivity contribution in [3.63, 3.8) is 0 Å². The number of carbonyl (C=O) groups is 1. The van der Waals surface area contributed by atoms with Gasteiger partial charge in [-0.1, -0.05) is 6.07 Å². The van der Waals surface area contributed by atoms with Gasteiger partial charge in [0.15, 0.2) is 0 Å². The average molecular weight is 480 g/mol. The van der Waals surface area contributed by atoms with Crippen molar-refractivity contribution < 1.29 is 14.3 Å². The number of thiophene rings is 1. The van der Waals surface area contributed by atoms with E-state index in [2.05, 4.69) is 38.7 Å². The second-order valence-electron chi connectivity index (χ2n) is 9.60. The Bertz CT molecular complexity index is 1280. The van der Waals surface area contributed by atoms with Gasteiger partial charge in [-0.15, -0.1) is 11.3 Å². The van der Waals surface area contributed by atoms with Crippen LogP contribution >= 0.6 is 11.3 Å². The molecule has 1 aromatic carbocycles. The van der Waals surface area contributed by atoms with Gasteiger partial charge >= 0.3 is 0 Å². The standard InChI is InChI=1S/C25H29N5O3S/c1-14-3-6-19-21(26)22(34-24(19)28-14)23(31)29-17-7-15-4-5-18(8-20(15)33-11-17)30-10-16-9-27-12-25(16,13-30)32-2/h3-6,8,16-17,27H,7,9-13,26H2,1-2H3,(H,29,31)/t16-,17-,25-/m1/s1. The zero-order valence-electron chi connectivity index (χ0n) is 19.4. The van der Waals surface area contributed by atoms with Gasteiger partial charge in [0.2, 0.25) is 0 Å². The molecule has 2 fully saturated rings. The first-order chi connectivity index (χ1) is 16.5. The molecular formula is C25H29N5O3S. The predicted molar refractivity (Wildman–Crippen MR) is 134 cm³/mol. The SMILES string of the molecule is CO[C@@]12CNC[C@@H]1CN(c1ccc3c(c1)OC[C@H](NC(=O)c1sc4nc(C)ccc4c1N)C3)C2. The fourth-order valence-electron chi connectivity index (χ4n) is 5.52. The van der Waals surface area contributed by atoms with E-state index in [4.69, 9.17) is 15.2 Å². The van der Waals surface area contributed by atoms with Gasteiger partial charge in [-0.25, -0.2) is 4.98 Å². The number of nitrogens with zero attached hydrogens (tertiary/aromatic N) is 2. The minimum atomic E-state index is -0.172. The van der Waals surface area contributed by atoms with E-state index in [1.165, 1.54) is 11.3 Å². The zero-order chi connectivity index (χ0) is 23.4. The Morgan fingerprint density at radius 1 is 1.38 bits per heavy atom. The highest BCUT2D eigenvalue weighted by atomic mass is 32.1. The van der Waals surface area contributed by atoms with E-state index in [1.807, 2.05) is 26.2 Å². The van der Waals surface area contributed by atoms with Gasteiger partial charge < -0.3 is 30.7 Å². The van der Waals surface area contributed by atoms with Crippen LogP contribution in [0.4, 0.5) is 11.4 Å². The molecule has 3 aliphatic heterocycles.